The second-order valence-corrected chi connectivity index (χ2v) is 5.47. The molecule has 0 saturated carbocycles. The molecule has 5 nitrogen and oxygen atoms in total. The van der Waals surface area contributed by atoms with Gasteiger partial charge in [-0.05, 0) is 19.8 Å². The largest absolute Gasteiger partial charge is 0.376 e. The molecule has 0 radical (unpaired) electrons. The minimum Gasteiger partial charge on any atom is -0.376 e. The third-order valence-corrected chi connectivity index (χ3v) is 3.89. The summed E-state index contributed by atoms with van der Waals surface area (Å²) in [4.78, 5) is 4.70. The Kier molecular flexibility index (Phi) is 3.50. The average Bonchev–Trinajstić information content (AvgIpc) is 3.04. The number of hydrogen-bond donors (Lipinski definition) is 0. The van der Waals surface area contributed by atoms with Gasteiger partial charge in [0.15, 0.2) is 5.65 Å². The fourth-order valence-corrected chi connectivity index (χ4v) is 3.01. The fraction of sp³-hybridized carbons (Fsp3) is 0.692. The number of aromatic nitrogens is 4. The van der Waals surface area contributed by atoms with Gasteiger partial charge >= 0.3 is 0 Å². The van der Waals surface area contributed by atoms with Gasteiger partial charge in [-0.2, -0.15) is 5.10 Å². The van der Waals surface area contributed by atoms with Crippen molar-refractivity contribution < 1.29 is 4.74 Å². The quantitative estimate of drug-likeness (QED) is 0.806. The Morgan fingerprint density at radius 1 is 1.47 bits per heavy atom. The van der Waals surface area contributed by atoms with E-state index in [0.29, 0.717) is 12.0 Å². The average molecular weight is 283 g/mol. The molecule has 1 unspecified atom stereocenters. The summed E-state index contributed by atoms with van der Waals surface area (Å²) in [5, 5.41) is 4.45. The highest BCUT2D eigenvalue weighted by molar-refractivity contribution is 6.17. The van der Waals surface area contributed by atoms with Crippen LogP contribution in [0.1, 0.15) is 24.4 Å². The first kappa shape index (κ1) is 12.9. The molecule has 0 aromatic carbocycles. The molecule has 2 aromatic rings. The summed E-state index contributed by atoms with van der Waals surface area (Å²) in [5.74, 6) is 1.62. The third kappa shape index (κ3) is 2.25. The Hall–Kier alpha value is -1.07. The number of rotatable bonds is 4. The van der Waals surface area contributed by atoms with Gasteiger partial charge in [0.05, 0.1) is 18.3 Å². The van der Waals surface area contributed by atoms with Crippen LogP contribution in [-0.4, -0.2) is 37.9 Å². The van der Waals surface area contributed by atoms with Crippen LogP contribution in [0.2, 0.25) is 0 Å². The molecule has 0 bridgehead atoms. The van der Waals surface area contributed by atoms with Crippen molar-refractivity contribution in [2.24, 2.45) is 7.05 Å². The molecule has 104 valence electrons. The maximum Gasteiger partial charge on any atom is 0.158 e. The molecular weight excluding hydrogens is 264 g/mol. The standard InChI is InChI=1S/C13H19ClN4O/c1-9-12-13(17(2)16-9)18(11(15-12)5-6-14)8-10-4-3-7-19-10/h10H,3-8H2,1-2H3. The summed E-state index contributed by atoms with van der Waals surface area (Å²) in [5.41, 5.74) is 3.04. The molecule has 0 spiro atoms. The Morgan fingerprint density at radius 2 is 2.32 bits per heavy atom. The monoisotopic (exact) mass is 282 g/mol. The molecule has 3 heterocycles. The summed E-state index contributed by atoms with van der Waals surface area (Å²) in [6.07, 6.45) is 3.35. The van der Waals surface area contributed by atoms with Gasteiger partial charge in [0.1, 0.15) is 11.3 Å². The van der Waals surface area contributed by atoms with Crippen LogP contribution in [0.4, 0.5) is 0 Å². The van der Waals surface area contributed by atoms with E-state index < -0.39 is 0 Å². The molecule has 1 aliphatic heterocycles. The van der Waals surface area contributed by atoms with Gasteiger partial charge in [0, 0.05) is 26.0 Å². The third-order valence-electron chi connectivity index (χ3n) is 3.70. The zero-order valence-electron chi connectivity index (χ0n) is 11.4. The summed E-state index contributed by atoms with van der Waals surface area (Å²) >= 11 is 5.89. The van der Waals surface area contributed by atoms with Gasteiger partial charge < -0.3 is 9.30 Å². The zero-order chi connectivity index (χ0) is 13.4. The fourth-order valence-electron chi connectivity index (χ4n) is 2.84. The normalized spacial score (nSPS) is 19.6. The lowest BCUT2D eigenvalue weighted by Crippen LogP contribution is -2.18. The summed E-state index contributed by atoms with van der Waals surface area (Å²) in [6.45, 7) is 3.72. The first-order valence-corrected chi connectivity index (χ1v) is 7.30. The highest BCUT2D eigenvalue weighted by atomic mass is 35.5. The van der Waals surface area contributed by atoms with E-state index in [1.165, 1.54) is 0 Å². The van der Waals surface area contributed by atoms with E-state index >= 15 is 0 Å². The lowest BCUT2D eigenvalue weighted by molar-refractivity contribution is 0.0970. The van der Waals surface area contributed by atoms with Crippen LogP contribution in [0.15, 0.2) is 0 Å². The van der Waals surface area contributed by atoms with Crippen LogP contribution in [0.3, 0.4) is 0 Å². The lowest BCUT2D eigenvalue weighted by Gasteiger charge is -2.13. The molecule has 1 aliphatic rings. The molecular formula is C13H19ClN4O. The number of fused-ring (bicyclic) bond motifs is 1. The number of imidazole rings is 1. The van der Waals surface area contributed by atoms with Crippen LogP contribution in [0, 0.1) is 6.92 Å². The Labute approximate surface area is 117 Å². The Bertz CT molecular complexity index is 583. The number of alkyl halides is 1. The van der Waals surface area contributed by atoms with Crippen LogP contribution in [-0.2, 0) is 24.8 Å². The second-order valence-electron chi connectivity index (χ2n) is 5.09. The second kappa shape index (κ2) is 5.13. The first-order valence-electron chi connectivity index (χ1n) is 6.77. The van der Waals surface area contributed by atoms with Crippen LogP contribution < -0.4 is 0 Å². The zero-order valence-corrected chi connectivity index (χ0v) is 12.2. The predicted octanol–water partition coefficient (Wildman–Crippen LogP) is 2.04. The molecule has 1 saturated heterocycles. The van der Waals surface area contributed by atoms with Gasteiger partial charge in [-0.3, -0.25) is 4.68 Å². The molecule has 0 amide bonds. The van der Waals surface area contributed by atoms with Crippen molar-refractivity contribution in [3.8, 4) is 0 Å². The molecule has 3 rings (SSSR count). The van der Waals surface area contributed by atoms with Crippen molar-refractivity contribution in [1.82, 2.24) is 19.3 Å². The minimum atomic E-state index is 0.293. The summed E-state index contributed by atoms with van der Waals surface area (Å²) in [7, 11) is 1.97. The van der Waals surface area contributed by atoms with Gasteiger partial charge in [-0.15, -0.1) is 11.6 Å². The maximum absolute atomic E-state index is 5.89. The van der Waals surface area contributed by atoms with E-state index in [2.05, 4.69) is 9.67 Å². The van der Waals surface area contributed by atoms with E-state index in [4.69, 9.17) is 21.3 Å². The minimum absolute atomic E-state index is 0.293. The smallest absolute Gasteiger partial charge is 0.158 e. The molecule has 1 atom stereocenters. The molecule has 6 heteroatoms. The molecule has 2 aromatic heterocycles. The topological polar surface area (TPSA) is 44.9 Å². The summed E-state index contributed by atoms with van der Waals surface area (Å²) < 4.78 is 9.88. The van der Waals surface area contributed by atoms with E-state index in [-0.39, 0.29) is 0 Å². The molecule has 0 aliphatic carbocycles. The van der Waals surface area contributed by atoms with Crippen molar-refractivity contribution in [3.63, 3.8) is 0 Å². The summed E-state index contributed by atoms with van der Waals surface area (Å²) in [6, 6.07) is 0. The van der Waals surface area contributed by atoms with E-state index in [1.807, 2.05) is 18.7 Å². The van der Waals surface area contributed by atoms with Gasteiger partial charge in [-0.25, -0.2) is 4.98 Å². The Morgan fingerprint density at radius 3 is 3.00 bits per heavy atom. The van der Waals surface area contributed by atoms with E-state index in [9.17, 15) is 0 Å². The first-order chi connectivity index (χ1) is 9.20. The highest BCUT2D eigenvalue weighted by Crippen LogP contribution is 2.22. The van der Waals surface area contributed by atoms with E-state index in [1.54, 1.807) is 0 Å². The number of ether oxygens (including phenoxy) is 1. The number of hydrogen-bond acceptors (Lipinski definition) is 3. The molecule has 0 N–H and O–H groups in total. The van der Waals surface area contributed by atoms with Crippen molar-refractivity contribution in [2.45, 2.75) is 38.8 Å². The molecule has 1 fully saturated rings. The maximum atomic E-state index is 5.89. The number of nitrogens with zero attached hydrogens (tertiary/aromatic N) is 4. The van der Waals surface area contributed by atoms with Crippen molar-refractivity contribution in [2.75, 3.05) is 12.5 Å². The Balaban J connectivity index is 2.04. The van der Waals surface area contributed by atoms with Gasteiger partial charge in [0.25, 0.3) is 0 Å². The lowest BCUT2D eigenvalue weighted by atomic mass is 10.2. The van der Waals surface area contributed by atoms with Crippen molar-refractivity contribution in [3.05, 3.63) is 11.5 Å². The van der Waals surface area contributed by atoms with E-state index in [0.717, 1.165) is 55.1 Å². The molecule has 19 heavy (non-hydrogen) atoms. The van der Waals surface area contributed by atoms with Crippen molar-refractivity contribution in [1.29, 1.82) is 0 Å². The number of halogens is 1. The van der Waals surface area contributed by atoms with Crippen LogP contribution in [0.25, 0.3) is 11.2 Å². The highest BCUT2D eigenvalue weighted by Gasteiger charge is 2.22. The number of aryl methyl sites for hydroxylation is 3. The van der Waals surface area contributed by atoms with Crippen molar-refractivity contribution >= 4 is 22.8 Å². The predicted molar refractivity (Wildman–Crippen MR) is 74.6 cm³/mol. The van der Waals surface area contributed by atoms with Gasteiger partial charge in [0.2, 0.25) is 0 Å². The van der Waals surface area contributed by atoms with Gasteiger partial charge in [-0.1, -0.05) is 0 Å². The van der Waals surface area contributed by atoms with Crippen LogP contribution in [0.5, 0.6) is 0 Å². The van der Waals surface area contributed by atoms with Crippen LogP contribution >= 0.6 is 11.6 Å². The SMILES string of the molecule is Cc1nn(C)c2c1nc(CCCl)n2CC1CCCO1.